The van der Waals surface area contributed by atoms with Crippen LogP contribution in [0.4, 0.5) is 0 Å². The number of pyridine rings is 1. The van der Waals surface area contributed by atoms with Crippen molar-refractivity contribution in [3.63, 3.8) is 0 Å². The molecule has 8 aromatic rings. The monoisotopic (exact) mass is 616 g/mol. The van der Waals surface area contributed by atoms with Crippen molar-refractivity contribution in [2.75, 3.05) is 0 Å². The van der Waals surface area contributed by atoms with E-state index in [1.807, 2.05) is 128 Å². The first-order chi connectivity index (χ1) is 23.8. The Morgan fingerprint density at radius 1 is 0.271 bits per heavy atom. The van der Waals surface area contributed by atoms with Crippen molar-refractivity contribution < 1.29 is 0 Å². The first-order valence-electron chi connectivity index (χ1n) is 15.7. The van der Waals surface area contributed by atoms with Crippen molar-refractivity contribution >= 4 is 0 Å². The Labute approximate surface area is 278 Å². The molecule has 0 spiro atoms. The third-order valence-electron chi connectivity index (χ3n) is 8.02. The molecule has 3 aromatic heterocycles. The van der Waals surface area contributed by atoms with Gasteiger partial charge in [0.25, 0.3) is 0 Å². The lowest BCUT2D eigenvalue weighted by atomic mass is 9.99. The molecule has 0 saturated carbocycles. The van der Waals surface area contributed by atoms with Crippen LogP contribution in [0, 0.1) is 0 Å². The van der Waals surface area contributed by atoms with E-state index in [-0.39, 0.29) is 0 Å². The molecule has 6 nitrogen and oxygen atoms in total. The van der Waals surface area contributed by atoms with Gasteiger partial charge in [-0.15, -0.1) is 0 Å². The minimum Gasteiger partial charge on any atom is -0.264 e. The second-order valence-corrected chi connectivity index (χ2v) is 11.2. The third-order valence-corrected chi connectivity index (χ3v) is 8.02. The normalized spacial score (nSPS) is 10.9. The Morgan fingerprint density at radius 3 is 1.12 bits per heavy atom. The fourth-order valence-electron chi connectivity index (χ4n) is 5.68. The highest BCUT2D eigenvalue weighted by Gasteiger charge is 2.20. The van der Waals surface area contributed by atoms with Crippen LogP contribution in [0.3, 0.4) is 0 Å². The zero-order valence-corrected chi connectivity index (χ0v) is 25.8. The maximum atomic E-state index is 5.39. The van der Waals surface area contributed by atoms with Crippen LogP contribution in [0.5, 0.6) is 0 Å². The first kappa shape index (κ1) is 28.8. The summed E-state index contributed by atoms with van der Waals surface area (Å²) in [7, 11) is 0. The Balaban J connectivity index is 1.34. The van der Waals surface area contributed by atoms with Gasteiger partial charge in [-0.1, -0.05) is 140 Å². The van der Waals surface area contributed by atoms with E-state index in [0.717, 1.165) is 61.7 Å². The summed E-state index contributed by atoms with van der Waals surface area (Å²) in [6.07, 6.45) is 3.60. The van der Waals surface area contributed by atoms with E-state index >= 15 is 0 Å². The third kappa shape index (κ3) is 5.86. The van der Waals surface area contributed by atoms with Crippen molar-refractivity contribution in [3.8, 4) is 79.2 Å². The Morgan fingerprint density at radius 2 is 0.646 bits per heavy atom. The van der Waals surface area contributed by atoms with Gasteiger partial charge in [0, 0.05) is 51.3 Å². The number of aromatic nitrogens is 6. The van der Waals surface area contributed by atoms with Crippen LogP contribution < -0.4 is 0 Å². The highest BCUT2D eigenvalue weighted by atomic mass is 15.0. The second-order valence-electron chi connectivity index (χ2n) is 11.2. The minimum absolute atomic E-state index is 0.578. The van der Waals surface area contributed by atoms with Gasteiger partial charge in [0.15, 0.2) is 17.5 Å². The Kier molecular flexibility index (Phi) is 7.79. The smallest absolute Gasteiger partial charge is 0.164 e. The summed E-state index contributed by atoms with van der Waals surface area (Å²) in [6.45, 7) is 0. The zero-order valence-electron chi connectivity index (χ0n) is 25.8. The molecule has 0 amide bonds. The molecule has 0 radical (unpaired) electrons. The molecule has 0 aliphatic rings. The molecule has 226 valence electrons. The van der Waals surface area contributed by atoms with Gasteiger partial charge in [0.05, 0.1) is 22.8 Å². The van der Waals surface area contributed by atoms with Gasteiger partial charge in [-0.2, -0.15) is 0 Å². The molecule has 0 aliphatic carbocycles. The maximum absolute atomic E-state index is 5.39. The summed E-state index contributed by atoms with van der Waals surface area (Å²) in [5.74, 6) is 1.80. The topological polar surface area (TPSA) is 77.3 Å². The lowest BCUT2D eigenvalue weighted by molar-refractivity contribution is 1.07. The molecule has 0 unspecified atom stereocenters. The number of nitrogens with zero attached hydrogens (tertiary/aromatic N) is 6. The SMILES string of the molecule is c1ccc(-c2nc(-c3ccccc3)nc(-c3cccc(-c4nc(-c5ccccc5)c(-c5cccnc5)nc4-c4ccccc4)c3)n2)cc1. The van der Waals surface area contributed by atoms with E-state index in [4.69, 9.17) is 24.9 Å². The lowest BCUT2D eigenvalue weighted by Crippen LogP contribution is -2.02. The predicted octanol–water partition coefficient (Wildman–Crippen LogP) is 9.73. The largest absolute Gasteiger partial charge is 0.264 e. The van der Waals surface area contributed by atoms with Crippen LogP contribution in [0.25, 0.3) is 79.2 Å². The van der Waals surface area contributed by atoms with Crippen LogP contribution in [0.2, 0.25) is 0 Å². The molecule has 6 heteroatoms. The summed E-state index contributed by atoms with van der Waals surface area (Å²) >= 11 is 0. The Bertz CT molecular complexity index is 2260. The summed E-state index contributed by atoms with van der Waals surface area (Å²) in [5.41, 5.74) is 9.51. The van der Waals surface area contributed by atoms with E-state index in [0.29, 0.717) is 17.5 Å². The van der Waals surface area contributed by atoms with Crippen LogP contribution in [0.1, 0.15) is 0 Å². The standard InChI is InChI=1S/C42H28N6/c1-5-15-29(16-6-1)36-38(44-37(30-17-7-2-8-18-30)39(45-36)35-25-14-26-43-28-35)33-23-13-24-34(27-33)42-47-40(31-19-9-3-10-20-31)46-41(48-42)32-21-11-4-12-22-32/h1-28H. The van der Waals surface area contributed by atoms with Gasteiger partial charge in [0.1, 0.15) is 0 Å². The van der Waals surface area contributed by atoms with Crippen LogP contribution in [0.15, 0.2) is 170 Å². The van der Waals surface area contributed by atoms with Crippen LogP contribution in [-0.4, -0.2) is 29.9 Å². The van der Waals surface area contributed by atoms with E-state index in [1.54, 1.807) is 6.20 Å². The average Bonchev–Trinajstić information content (AvgIpc) is 3.19. The zero-order chi connectivity index (χ0) is 32.1. The maximum Gasteiger partial charge on any atom is 0.164 e. The van der Waals surface area contributed by atoms with Gasteiger partial charge in [-0.3, -0.25) is 4.98 Å². The second kappa shape index (κ2) is 13.0. The van der Waals surface area contributed by atoms with Crippen molar-refractivity contribution in [3.05, 3.63) is 170 Å². The molecular weight excluding hydrogens is 589 g/mol. The van der Waals surface area contributed by atoms with Gasteiger partial charge < -0.3 is 0 Å². The number of rotatable bonds is 7. The number of benzene rings is 5. The minimum atomic E-state index is 0.578. The first-order valence-corrected chi connectivity index (χ1v) is 15.7. The van der Waals surface area contributed by atoms with E-state index in [1.165, 1.54) is 0 Å². The number of hydrogen-bond acceptors (Lipinski definition) is 6. The summed E-state index contributed by atoms with van der Waals surface area (Å²) in [5, 5.41) is 0. The Hall–Kier alpha value is -6.66. The fraction of sp³-hybridized carbons (Fsp3) is 0. The number of hydrogen-bond donors (Lipinski definition) is 0. The van der Waals surface area contributed by atoms with Crippen molar-refractivity contribution in [1.82, 2.24) is 29.9 Å². The van der Waals surface area contributed by atoms with Crippen molar-refractivity contribution in [2.45, 2.75) is 0 Å². The van der Waals surface area contributed by atoms with Gasteiger partial charge >= 0.3 is 0 Å². The van der Waals surface area contributed by atoms with E-state index in [2.05, 4.69) is 41.4 Å². The summed E-state index contributed by atoms with van der Waals surface area (Å²) < 4.78 is 0. The van der Waals surface area contributed by atoms with E-state index in [9.17, 15) is 0 Å². The lowest BCUT2D eigenvalue weighted by Gasteiger charge is -2.16. The quantitative estimate of drug-likeness (QED) is 0.177. The molecule has 0 saturated heterocycles. The predicted molar refractivity (Wildman–Crippen MR) is 191 cm³/mol. The highest BCUT2D eigenvalue weighted by Crippen LogP contribution is 2.38. The van der Waals surface area contributed by atoms with Gasteiger partial charge in [0.2, 0.25) is 0 Å². The van der Waals surface area contributed by atoms with Crippen molar-refractivity contribution in [1.29, 1.82) is 0 Å². The molecule has 0 fully saturated rings. The molecule has 0 bridgehead atoms. The summed E-state index contributed by atoms with van der Waals surface area (Å²) in [6, 6.07) is 52.5. The van der Waals surface area contributed by atoms with Gasteiger partial charge in [-0.25, -0.2) is 24.9 Å². The molecule has 48 heavy (non-hydrogen) atoms. The molecule has 8 rings (SSSR count). The van der Waals surface area contributed by atoms with E-state index < -0.39 is 0 Å². The molecule has 0 atom stereocenters. The molecular formula is C42H28N6. The summed E-state index contributed by atoms with van der Waals surface area (Å²) in [4.78, 5) is 29.9. The van der Waals surface area contributed by atoms with Crippen LogP contribution >= 0.6 is 0 Å². The average molecular weight is 617 g/mol. The highest BCUT2D eigenvalue weighted by molar-refractivity contribution is 5.87. The molecule has 0 N–H and O–H groups in total. The van der Waals surface area contributed by atoms with Gasteiger partial charge in [-0.05, 0) is 18.2 Å². The van der Waals surface area contributed by atoms with Crippen molar-refractivity contribution in [2.24, 2.45) is 0 Å². The molecule has 3 heterocycles. The molecule has 0 aliphatic heterocycles. The van der Waals surface area contributed by atoms with Crippen LogP contribution in [-0.2, 0) is 0 Å². The molecule has 5 aromatic carbocycles. The fourth-order valence-corrected chi connectivity index (χ4v) is 5.68.